The third-order valence-corrected chi connectivity index (χ3v) is 3.04. The van der Waals surface area contributed by atoms with Crippen LogP contribution in [-0.4, -0.2) is 20.7 Å². The molecule has 0 radical (unpaired) electrons. The molecule has 0 bridgehead atoms. The standard InChI is InChI=1S/C8H11N3O2S/c1-5-13-7(4-14-5)11-3-2-6(9)10-8(11)12/h2-3,5,7H,4H2,1H3,(H2,9,10,12)/t5-,7+/m0/s1. The van der Waals surface area contributed by atoms with Crippen LogP contribution >= 0.6 is 11.8 Å². The lowest BCUT2D eigenvalue weighted by Gasteiger charge is -2.12. The van der Waals surface area contributed by atoms with Gasteiger partial charge in [0.1, 0.15) is 17.5 Å². The number of hydrogen-bond donors (Lipinski definition) is 1. The normalized spacial score (nSPS) is 26.6. The largest absolute Gasteiger partial charge is 0.383 e. The van der Waals surface area contributed by atoms with Gasteiger partial charge in [-0.2, -0.15) is 4.98 Å². The van der Waals surface area contributed by atoms with Crippen molar-refractivity contribution in [1.82, 2.24) is 9.55 Å². The van der Waals surface area contributed by atoms with Gasteiger partial charge in [0.05, 0.1) is 0 Å². The molecule has 1 aromatic heterocycles. The summed E-state index contributed by atoms with van der Waals surface area (Å²) in [6, 6.07) is 1.60. The Morgan fingerprint density at radius 3 is 3.14 bits per heavy atom. The van der Waals surface area contributed by atoms with Gasteiger partial charge in [0.2, 0.25) is 0 Å². The van der Waals surface area contributed by atoms with Crippen LogP contribution in [-0.2, 0) is 4.74 Å². The van der Waals surface area contributed by atoms with Crippen LogP contribution in [0.3, 0.4) is 0 Å². The summed E-state index contributed by atoms with van der Waals surface area (Å²) in [6.45, 7) is 1.96. The maximum absolute atomic E-state index is 11.4. The molecule has 6 heteroatoms. The van der Waals surface area contributed by atoms with Gasteiger partial charge in [-0.1, -0.05) is 0 Å². The molecule has 14 heavy (non-hydrogen) atoms. The van der Waals surface area contributed by atoms with Gasteiger partial charge in [0.15, 0.2) is 0 Å². The van der Waals surface area contributed by atoms with E-state index in [4.69, 9.17) is 10.5 Å². The van der Waals surface area contributed by atoms with E-state index in [0.717, 1.165) is 5.75 Å². The molecular weight excluding hydrogens is 202 g/mol. The maximum atomic E-state index is 11.4. The SMILES string of the molecule is C[C@H]1O[C@@H](n2ccc(N)nc2=O)CS1. The summed E-state index contributed by atoms with van der Waals surface area (Å²) in [7, 11) is 0. The van der Waals surface area contributed by atoms with Gasteiger partial charge in [-0.3, -0.25) is 4.57 Å². The Hall–Kier alpha value is -1.01. The summed E-state index contributed by atoms with van der Waals surface area (Å²) in [6.07, 6.45) is 1.41. The minimum Gasteiger partial charge on any atom is -0.383 e. The number of thioether (sulfide) groups is 1. The van der Waals surface area contributed by atoms with Crippen molar-refractivity contribution in [2.75, 3.05) is 11.5 Å². The molecule has 2 N–H and O–H groups in total. The van der Waals surface area contributed by atoms with E-state index >= 15 is 0 Å². The first-order valence-electron chi connectivity index (χ1n) is 4.28. The summed E-state index contributed by atoms with van der Waals surface area (Å²) in [4.78, 5) is 15.1. The van der Waals surface area contributed by atoms with Crippen LogP contribution in [0.2, 0.25) is 0 Å². The van der Waals surface area contributed by atoms with Crippen molar-refractivity contribution in [3.8, 4) is 0 Å². The average molecular weight is 213 g/mol. The van der Waals surface area contributed by atoms with Crippen LogP contribution in [0.5, 0.6) is 0 Å². The third-order valence-electron chi connectivity index (χ3n) is 1.98. The van der Waals surface area contributed by atoms with E-state index in [0.29, 0.717) is 0 Å². The molecule has 1 aromatic rings. The molecule has 2 rings (SSSR count). The fourth-order valence-electron chi connectivity index (χ4n) is 1.31. The number of ether oxygens (including phenoxy) is 1. The predicted molar refractivity (Wildman–Crippen MR) is 55.0 cm³/mol. The van der Waals surface area contributed by atoms with E-state index in [1.807, 2.05) is 6.92 Å². The molecule has 0 unspecified atom stereocenters. The first kappa shape index (κ1) is 9.54. The highest BCUT2D eigenvalue weighted by molar-refractivity contribution is 7.99. The molecule has 0 aliphatic carbocycles. The van der Waals surface area contributed by atoms with Crippen LogP contribution < -0.4 is 11.4 Å². The van der Waals surface area contributed by atoms with Crippen molar-refractivity contribution in [2.45, 2.75) is 18.6 Å². The number of nitrogen functional groups attached to an aromatic ring is 1. The molecule has 0 spiro atoms. The van der Waals surface area contributed by atoms with Crippen LogP contribution in [0.15, 0.2) is 17.1 Å². The highest BCUT2D eigenvalue weighted by Gasteiger charge is 2.24. The zero-order chi connectivity index (χ0) is 10.1. The van der Waals surface area contributed by atoms with Crippen molar-refractivity contribution in [2.24, 2.45) is 0 Å². The molecule has 1 aliphatic rings. The topological polar surface area (TPSA) is 70.1 Å². The zero-order valence-corrected chi connectivity index (χ0v) is 8.53. The van der Waals surface area contributed by atoms with Gasteiger partial charge < -0.3 is 10.5 Å². The molecule has 1 saturated heterocycles. The van der Waals surface area contributed by atoms with Gasteiger partial charge in [0, 0.05) is 11.9 Å². The average Bonchev–Trinajstić information content (AvgIpc) is 2.51. The minimum absolute atomic E-state index is 0.129. The van der Waals surface area contributed by atoms with Gasteiger partial charge in [-0.25, -0.2) is 4.79 Å². The first-order valence-corrected chi connectivity index (χ1v) is 5.33. The highest BCUT2D eigenvalue weighted by Crippen LogP contribution is 2.30. The number of aromatic nitrogens is 2. The molecule has 1 fully saturated rings. The van der Waals surface area contributed by atoms with E-state index in [2.05, 4.69) is 4.98 Å². The predicted octanol–water partition coefficient (Wildman–Crippen LogP) is 0.433. The second kappa shape index (κ2) is 3.62. The summed E-state index contributed by atoms with van der Waals surface area (Å²) in [5, 5.41) is 0. The molecule has 0 amide bonds. The van der Waals surface area contributed by atoms with Crippen molar-refractivity contribution in [3.05, 3.63) is 22.7 Å². The van der Waals surface area contributed by atoms with Crippen molar-refractivity contribution in [1.29, 1.82) is 0 Å². The second-order valence-corrected chi connectivity index (χ2v) is 4.36. The second-order valence-electron chi connectivity index (χ2n) is 3.03. The van der Waals surface area contributed by atoms with Gasteiger partial charge >= 0.3 is 5.69 Å². The highest BCUT2D eigenvalue weighted by atomic mass is 32.2. The number of nitrogens with zero attached hydrogens (tertiary/aromatic N) is 2. The summed E-state index contributed by atoms with van der Waals surface area (Å²) in [5.41, 5.74) is 5.16. The van der Waals surface area contributed by atoms with E-state index in [9.17, 15) is 4.79 Å². The van der Waals surface area contributed by atoms with Gasteiger partial charge in [-0.05, 0) is 13.0 Å². The quantitative estimate of drug-likeness (QED) is 0.732. The Morgan fingerprint density at radius 2 is 2.57 bits per heavy atom. The summed E-state index contributed by atoms with van der Waals surface area (Å²) >= 11 is 1.67. The molecule has 76 valence electrons. The molecule has 5 nitrogen and oxygen atoms in total. The lowest BCUT2D eigenvalue weighted by molar-refractivity contribution is 0.0236. The molecule has 2 atom stereocenters. The minimum atomic E-state index is -0.357. The lowest BCUT2D eigenvalue weighted by Crippen LogP contribution is -2.28. The molecule has 2 heterocycles. The van der Waals surface area contributed by atoms with Gasteiger partial charge in [-0.15, -0.1) is 11.8 Å². The molecule has 0 saturated carbocycles. The monoisotopic (exact) mass is 213 g/mol. The number of anilines is 1. The molecular formula is C8H11N3O2S. The van der Waals surface area contributed by atoms with Crippen LogP contribution in [0.1, 0.15) is 13.2 Å². The number of nitrogens with two attached hydrogens (primary N) is 1. The Labute approximate surface area is 85.3 Å². The Bertz CT molecular complexity index is 392. The van der Waals surface area contributed by atoms with Crippen molar-refractivity contribution < 1.29 is 4.74 Å². The fraction of sp³-hybridized carbons (Fsp3) is 0.500. The van der Waals surface area contributed by atoms with Gasteiger partial charge in [0.25, 0.3) is 0 Å². The van der Waals surface area contributed by atoms with E-state index < -0.39 is 0 Å². The van der Waals surface area contributed by atoms with E-state index in [-0.39, 0.29) is 23.2 Å². The Morgan fingerprint density at radius 1 is 1.79 bits per heavy atom. The maximum Gasteiger partial charge on any atom is 0.351 e. The zero-order valence-electron chi connectivity index (χ0n) is 7.71. The summed E-state index contributed by atoms with van der Waals surface area (Å²) < 4.78 is 6.98. The van der Waals surface area contributed by atoms with E-state index in [1.165, 1.54) is 4.57 Å². The first-order chi connectivity index (χ1) is 6.66. The Balaban J connectivity index is 2.29. The van der Waals surface area contributed by atoms with E-state index in [1.54, 1.807) is 24.0 Å². The number of hydrogen-bond acceptors (Lipinski definition) is 5. The van der Waals surface area contributed by atoms with Crippen molar-refractivity contribution in [3.63, 3.8) is 0 Å². The third kappa shape index (κ3) is 1.76. The molecule has 1 aliphatic heterocycles. The Kier molecular flexibility index (Phi) is 2.47. The van der Waals surface area contributed by atoms with Crippen molar-refractivity contribution >= 4 is 17.6 Å². The van der Waals surface area contributed by atoms with Crippen LogP contribution in [0.25, 0.3) is 0 Å². The van der Waals surface area contributed by atoms with Crippen LogP contribution in [0.4, 0.5) is 5.82 Å². The summed E-state index contributed by atoms with van der Waals surface area (Å²) in [5.74, 6) is 1.01. The smallest absolute Gasteiger partial charge is 0.351 e. The molecule has 0 aromatic carbocycles. The van der Waals surface area contributed by atoms with Crippen LogP contribution in [0, 0.1) is 0 Å². The number of rotatable bonds is 1. The lowest BCUT2D eigenvalue weighted by atomic mass is 10.5. The fourth-order valence-corrected chi connectivity index (χ4v) is 2.19.